The first-order chi connectivity index (χ1) is 8.04. The monoisotopic (exact) mass is 240 g/mol. The Bertz CT molecular complexity index is 362. The molecule has 0 spiro atoms. The number of aryl methyl sites for hydroxylation is 1. The van der Waals surface area contributed by atoms with Crippen LogP contribution in [-0.2, 0) is 6.42 Å². The number of hydrogen-bond donors (Lipinski definition) is 3. The molecule has 6 heteroatoms. The van der Waals surface area contributed by atoms with Crippen LogP contribution in [0.1, 0.15) is 43.6 Å². The molecular formula is C11H20N4O2. The molecule has 3 N–H and O–H groups in total. The Morgan fingerprint density at radius 3 is 2.82 bits per heavy atom. The molecule has 1 aromatic rings. The highest BCUT2D eigenvalue weighted by atomic mass is 16.3. The fraction of sp³-hybridized carbons (Fsp3) is 0.727. The topological polar surface area (TPSA) is 90.9 Å². The molecular weight excluding hydrogens is 220 g/mol. The Hall–Kier alpha value is -1.43. The highest BCUT2D eigenvalue weighted by Gasteiger charge is 2.15. The molecule has 0 saturated carbocycles. The van der Waals surface area contributed by atoms with Crippen molar-refractivity contribution in [3.8, 4) is 0 Å². The van der Waals surface area contributed by atoms with Crippen LogP contribution in [0.3, 0.4) is 0 Å². The third kappa shape index (κ3) is 4.14. The molecule has 1 atom stereocenters. The van der Waals surface area contributed by atoms with Crippen molar-refractivity contribution >= 4 is 5.91 Å². The van der Waals surface area contributed by atoms with Gasteiger partial charge in [-0.05, 0) is 12.3 Å². The van der Waals surface area contributed by atoms with Crippen molar-refractivity contribution in [2.24, 2.45) is 5.92 Å². The lowest BCUT2D eigenvalue weighted by atomic mass is 10.1. The SMILES string of the molecule is CCCc1nc(C(=O)NCC(O)C(C)C)n[nH]1. The number of H-pyrrole nitrogens is 1. The maximum Gasteiger partial charge on any atom is 0.291 e. The summed E-state index contributed by atoms with van der Waals surface area (Å²) in [5.74, 6) is 0.591. The van der Waals surface area contributed by atoms with Gasteiger partial charge in [-0.25, -0.2) is 4.98 Å². The quantitative estimate of drug-likeness (QED) is 0.675. The van der Waals surface area contributed by atoms with E-state index in [2.05, 4.69) is 20.5 Å². The number of aliphatic hydroxyl groups is 1. The van der Waals surface area contributed by atoms with Gasteiger partial charge in [0.05, 0.1) is 6.10 Å². The first kappa shape index (κ1) is 13.6. The second-order valence-corrected chi connectivity index (χ2v) is 4.38. The van der Waals surface area contributed by atoms with Crippen LogP contribution in [0.2, 0.25) is 0 Å². The lowest BCUT2D eigenvalue weighted by Gasteiger charge is -2.13. The van der Waals surface area contributed by atoms with Gasteiger partial charge < -0.3 is 10.4 Å². The van der Waals surface area contributed by atoms with E-state index in [1.807, 2.05) is 20.8 Å². The van der Waals surface area contributed by atoms with Crippen LogP contribution < -0.4 is 5.32 Å². The molecule has 0 aliphatic carbocycles. The number of carbonyl (C=O) groups is 1. The molecule has 17 heavy (non-hydrogen) atoms. The second-order valence-electron chi connectivity index (χ2n) is 4.38. The summed E-state index contributed by atoms with van der Waals surface area (Å²) in [5.41, 5.74) is 0. The van der Waals surface area contributed by atoms with Gasteiger partial charge in [0, 0.05) is 13.0 Å². The average molecular weight is 240 g/mol. The maximum atomic E-state index is 11.6. The zero-order valence-electron chi connectivity index (χ0n) is 10.5. The van der Waals surface area contributed by atoms with Gasteiger partial charge in [0.25, 0.3) is 5.91 Å². The summed E-state index contributed by atoms with van der Waals surface area (Å²) in [7, 11) is 0. The Kier molecular flexibility index (Phi) is 5.09. The number of hydrogen-bond acceptors (Lipinski definition) is 4. The van der Waals surface area contributed by atoms with Gasteiger partial charge in [-0.2, -0.15) is 0 Å². The standard InChI is InChI=1S/C11H20N4O2/c1-4-5-9-13-10(15-14-9)11(17)12-6-8(16)7(2)3/h7-8,16H,4-6H2,1-3H3,(H,12,17)(H,13,14,15). The van der Waals surface area contributed by atoms with E-state index in [1.54, 1.807) is 0 Å². The first-order valence-electron chi connectivity index (χ1n) is 5.92. The molecule has 0 saturated heterocycles. The molecule has 0 radical (unpaired) electrons. The maximum absolute atomic E-state index is 11.6. The largest absolute Gasteiger partial charge is 0.391 e. The Morgan fingerprint density at radius 1 is 1.53 bits per heavy atom. The summed E-state index contributed by atoms with van der Waals surface area (Å²) in [5, 5.41) is 18.7. The van der Waals surface area contributed by atoms with Crippen LogP contribution in [-0.4, -0.2) is 38.8 Å². The van der Waals surface area contributed by atoms with Crippen LogP contribution in [0, 0.1) is 5.92 Å². The molecule has 0 aromatic carbocycles. The average Bonchev–Trinajstić information content (AvgIpc) is 2.74. The number of aliphatic hydroxyl groups excluding tert-OH is 1. The summed E-state index contributed by atoms with van der Waals surface area (Å²) in [6.07, 6.45) is 1.17. The minimum atomic E-state index is -0.548. The van der Waals surface area contributed by atoms with E-state index in [1.165, 1.54) is 0 Å². The second kappa shape index (κ2) is 6.34. The summed E-state index contributed by atoms with van der Waals surface area (Å²) in [6, 6.07) is 0. The molecule has 1 heterocycles. The number of amides is 1. The molecule has 1 aromatic heterocycles. The molecule has 1 unspecified atom stereocenters. The van der Waals surface area contributed by atoms with Crippen LogP contribution in [0.4, 0.5) is 0 Å². The van der Waals surface area contributed by atoms with Crippen LogP contribution in [0.25, 0.3) is 0 Å². The van der Waals surface area contributed by atoms with Crippen molar-refractivity contribution in [2.45, 2.75) is 39.7 Å². The van der Waals surface area contributed by atoms with E-state index in [4.69, 9.17) is 0 Å². The molecule has 0 fully saturated rings. The summed E-state index contributed by atoms with van der Waals surface area (Å²) in [4.78, 5) is 15.7. The smallest absolute Gasteiger partial charge is 0.291 e. The van der Waals surface area contributed by atoms with Crippen molar-refractivity contribution in [2.75, 3.05) is 6.54 Å². The van der Waals surface area contributed by atoms with Gasteiger partial charge in [-0.15, -0.1) is 5.10 Å². The van der Waals surface area contributed by atoms with E-state index in [9.17, 15) is 9.90 Å². The fourth-order valence-corrected chi connectivity index (χ4v) is 1.26. The first-order valence-corrected chi connectivity index (χ1v) is 5.92. The summed E-state index contributed by atoms with van der Waals surface area (Å²) >= 11 is 0. The lowest BCUT2D eigenvalue weighted by molar-refractivity contribution is 0.0862. The molecule has 0 aliphatic rings. The van der Waals surface area contributed by atoms with Crippen LogP contribution in [0.15, 0.2) is 0 Å². The normalized spacial score (nSPS) is 12.8. The van der Waals surface area contributed by atoms with Gasteiger partial charge in [0.1, 0.15) is 5.82 Å². The number of rotatable bonds is 6. The molecule has 0 bridgehead atoms. The number of aromatic amines is 1. The molecule has 0 aliphatic heterocycles. The lowest BCUT2D eigenvalue weighted by Crippen LogP contribution is -2.35. The predicted molar refractivity (Wildman–Crippen MR) is 63.6 cm³/mol. The Balaban J connectivity index is 2.46. The minimum absolute atomic E-state index is 0.109. The molecule has 1 rings (SSSR count). The number of aromatic nitrogens is 3. The van der Waals surface area contributed by atoms with E-state index in [-0.39, 0.29) is 24.2 Å². The summed E-state index contributed by atoms with van der Waals surface area (Å²) < 4.78 is 0. The third-order valence-corrected chi connectivity index (χ3v) is 2.46. The van der Waals surface area contributed by atoms with Gasteiger partial charge in [0.15, 0.2) is 0 Å². The van der Waals surface area contributed by atoms with Crippen molar-refractivity contribution in [3.05, 3.63) is 11.6 Å². The third-order valence-electron chi connectivity index (χ3n) is 2.46. The fourth-order valence-electron chi connectivity index (χ4n) is 1.26. The van der Waals surface area contributed by atoms with Crippen molar-refractivity contribution in [1.82, 2.24) is 20.5 Å². The van der Waals surface area contributed by atoms with Gasteiger partial charge in [0.2, 0.25) is 5.82 Å². The minimum Gasteiger partial charge on any atom is -0.391 e. The Morgan fingerprint density at radius 2 is 2.24 bits per heavy atom. The molecule has 6 nitrogen and oxygen atoms in total. The number of nitrogens with one attached hydrogen (secondary N) is 2. The van der Waals surface area contributed by atoms with E-state index < -0.39 is 6.10 Å². The Labute approximate surface area is 101 Å². The zero-order chi connectivity index (χ0) is 12.8. The molecule has 1 amide bonds. The van der Waals surface area contributed by atoms with Crippen molar-refractivity contribution in [3.63, 3.8) is 0 Å². The van der Waals surface area contributed by atoms with Gasteiger partial charge in [-0.1, -0.05) is 20.8 Å². The van der Waals surface area contributed by atoms with E-state index in [0.29, 0.717) is 5.82 Å². The van der Waals surface area contributed by atoms with E-state index >= 15 is 0 Å². The highest BCUT2D eigenvalue weighted by Crippen LogP contribution is 2.00. The van der Waals surface area contributed by atoms with Gasteiger partial charge >= 0.3 is 0 Å². The van der Waals surface area contributed by atoms with Crippen molar-refractivity contribution in [1.29, 1.82) is 0 Å². The zero-order valence-corrected chi connectivity index (χ0v) is 10.5. The predicted octanol–water partition coefficient (Wildman–Crippen LogP) is 0.504. The van der Waals surface area contributed by atoms with Crippen molar-refractivity contribution < 1.29 is 9.90 Å². The van der Waals surface area contributed by atoms with Crippen LogP contribution in [0.5, 0.6) is 0 Å². The molecule has 96 valence electrons. The number of carbonyl (C=O) groups excluding carboxylic acids is 1. The van der Waals surface area contributed by atoms with Gasteiger partial charge in [-0.3, -0.25) is 9.89 Å². The van der Waals surface area contributed by atoms with Crippen LogP contribution >= 0.6 is 0 Å². The number of nitrogens with zero attached hydrogens (tertiary/aromatic N) is 2. The highest BCUT2D eigenvalue weighted by molar-refractivity contribution is 5.90. The van der Waals surface area contributed by atoms with E-state index in [0.717, 1.165) is 12.8 Å². The summed E-state index contributed by atoms with van der Waals surface area (Å²) in [6.45, 7) is 6.03.